The van der Waals surface area contributed by atoms with Crippen molar-refractivity contribution < 1.29 is 4.74 Å². The number of amidine groups is 1. The molecule has 3 aliphatic rings. The molecular weight excluding hydrogens is 272 g/mol. The average Bonchev–Trinajstić information content (AvgIpc) is 2.69. The zero-order valence-corrected chi connectivity index (χ0v) is 12.4. The van der Waals surface area contributed by atoms with E-state index in [2.05, 4.69) is 24.1 Å². The highest BCUT2D eigenvalue weighted by molar-refractivity contribution is 8.00. The highest BCUT2D eigenvalue weighted by Gasteiger charge is 2.92. The molecule has 2 heterocycles. The van der Waals surface area contributed by atoms with Gasteiger partial charge in [-0.25, -0.2) is 4.99 Å². The molecule has 5 nitrogen and oxygen atoms in total. The van der Waals surface area contributed by atoms with E-state index in [4.69, 9.17) is 10.5 Å². The van der Waals surface area contributed by atoms with Crippen molar-refractivity contribution in [2.24, 2.45) is 27.5 Å². The van der Waals surface area contributed by atoms with Crippen molar-refractivity contribution in [3.8, 4) is 12.1 Å². The molecule has 6 heteroatoms. The molecule has 0 aromatic heterocycles. The molecule has 4 atom stereocenters. The summed E-state index contributed by atoms with van der Waals surface area (Å²) in [7, 11) is 0. The first-order valence-corrected chi connectivity index (χ1v) is 8.10. The number of nitrogens with zero attached hydrogens (tertiary/aromatic N) is 3. The summed E-state index contributed by atoms with van der Waals surface area (Å²) in [6.07, 6.45) is 4.09. The Morgan fingerprint density at radius 3 is 2.80 bits per heavy atom. The number of fused-ring (bicyclic) bond motifs is 2. The van der Waals surface area contributed by atoms with E-state index < -0.39 is 15.9 Å². The van der Waals surface area contributed by atoms with Crippen LogP contribution in [-0.4, -0.2) is 23.3 Å². The SMILES string of the molecule is CCCCC[C@H]1[C@@]2(C#N)[C@@]3(N=C(N)[C@@]12C#N)OCCS3. The number of thioether (sulfide) groups is 1. The van der Waals surface area contributed by atoms with Crippen LogP contribution in [0.5, 0.6) is 0 Å². The number of aliphatic imine (C=N–C) groups is 1. The molecule has 2 aliphatic heterocycles. The second-order valence-electron chi connectivity index (χ2n) is 5.66. The van der Waals surface area contributed by atoms with Crippen LogP contribution in [0.2, 0.25) is 0 Å². The third kappa shape index (κ3) is 1.25. The monoisotopic (exact) mass is 290 g/mol. The summed E-state index contributed by atoms with van der Waals surface area (Å²) in [5, 5.41) is 18.6. The molecule has 2 N–H and O–H groups in total. The number of hydrogen-bond donors (Lipinski definition) is 1. The molecule has 0 radical (unpaired) electrons. The van der Waals surface area contributed by atoms with Gasteiger partial charge in [0.05, 0.1) is 18.7 Å². The number of hydrogen-bond acceptors (Lipinski definition) is 6. The molecule has 0 unspecified atom stereocenters. The zero-order chi connectivity index (χ0) is 14.4. The van der Waals surface area contributed by atoms with Crippen molar-refractivity contribution in [2.75, 3.05) is 12.4 Å². The number of rotatable bonds is 4. The number of unbranched alkanes of at least 4 members (excludes halogenated alkanes) is 2. The zero-order valence-electron chi connectivity index (χ0n) is 11.6. The van der Waals surface area contributed by atoms with Gasteiger partial charge in [0.1, 0.15) is 16.7 Å². The fraction of sp³-hybridized carbons (Fsp3) is 0.786. The van der Waals surface area contributed by atoms with Gasteiger partial charge in [0.15, 0.2) is 0 Å². The molecular formula is C14H18N4OS. The molecule has 3 rings (SSSR count). The lowest BCUT2D eigenvalue weighted by molar-refractivity contribution is 0.0163. The minimum atomic E-state index is -0.932. The maximum atomic E-state index is 9.81. The standard InChI is InChI=1S/C14H18N4OS/c1-2-3-4-5-10-12(8-15)11(17)18-14(13(10,12)9-16)19-6-7-20-14/h10H,2-7H2,1H3,(H2,17,18)/t10-,12-,13-,14-/m1/s1. The van der Waals surface area contributed by atoms with Gasteiger partial charge in [-0.2, -0.15) is 10.5 Å². The lowest BCUT2D eigenvalue weighted by Gasteiger charge is -2.26. The Hall–Kier alpha value is -1.24. The summed E-state index contributed by atoms with van der Waals surface area (Å²) in [4.78, 5) is 4.40. The molecule has 0 amide bonds. The predicted molar refractivity (Wildman–Crippen MR) is 76.5 cm³/mol. The molecule has 0 aromatic rings. The van der Waals surface area contributed by atoms with E-state index in [9.17, 15) is 10.5 Å². The van der Waals surface area contributed by atoms with Crippen LogP contribution in [0.4, 0.5) is 0 Å². The van der Waals surface area contributed by atoms with E-state index in [0.29, 0.717) is 12.4 Å². The lowest BCUT2D eigenvalue weighted by atomic mass is 9.95. The molecule has 1 spiro atoms. The Labute approximate surface area is 123 Å². The molecule has 0 bridgehead atoms. The van der Waals surface area contributed by atoms with Gasteiger partial charge in [-0.3, -0.25) is 0 Å². The quantitative estimate of drug-likeness (QED) is 0.799. The van der Waals surface area contributed by atoms with Gasteiger partial charge in [-0.05, 0) is 6.42 Å². The topological polar surface area (TPSA) is 95.2 Å². The van der Waals surface area contributed by atoms with Crippen LogP contribution in [0.15, 0.2) is 4.99 Å². The Bertz CT molecular complexity index is 542. The van der Waals surface area contributed by atoms with Gasteiger partial charge in [0, 0.05) is 11.7 Å². The average molecular weight is 290 g/mol. The third-order valence-corrected chi connectivity index (χ3v) is 6.18. The first kappa shape index (κ1) is 13.7. The maximum absolute atomic E-state index is 9.81. The van der Waals surface area contributed by atoms with Crippen molar-refractivity contribution in [2.45, 2.75) is 37.7 Å². The van der Waals surface area contributed by atoms with Crippen LogP contribution in [0.25, 0.3) is 0 Å². The second kappa shape index (κ2) is 4.38. The minimum Gasteiger partial charge on any atom is -0.386 e. The summed E-state index contributed by atoms with van der Waals surface area (Å²) in [6.45, 7) is 2.70. The predicted octanol–water partition coefficient (Wildman–Crippen LogP) is 2.00. The van der Waals surface area contributed by atoms with Gasteiger partial charge in [0.25, 0.3) is 0 Å². The molecule has 0 aromatic carbocycles. The van der Waals surface area contributed by atoms with Gasteiger partial charge < -0.3 is 10.5 Å². The molecule has 1 saturated carbocycles. The van der Waals surface area contributed by atoms with Crippen LogP contribution in [0, 0.1) is 39.4 Å². The van der Waals surface area contributed by atoms with Crippen LogP contribution in [0.3, 0.4) is 0 Å². The fourth-order valence-electron chi connectivity index (χ4n) is 3.92. The van der Waals surface area contributed by atoms with Gasteiger partial charge >= 0.3 is 0 Å². The van der Waals surface area contributed by atoms with Gasteiger partial charge in [-0.1, -0.05) is 37.9 Å². The van der Waals surface area contributed by atoms with Crippen LogP contribution in [-0.2, 0) is 4.74 Å². The van der Waals surface area contributed by atoms with Gasteiger partial charge in [0.2, 0.25) is 5.06 Å². The third-order valence-electron chi connectivity index (χ3n) is 4.88. The highest BCUT2D eigenvalue weighted by atomic mass is 32.2. The van der Waals surface area contributed by atoms with E-state index in [1.165, 1.54) is 11.8 Å². The van der Waals surface area contributed by atoms with E-state index in [-0.39, 0.29) is 5.92 Å². The highest BCUT2D eigenvalue weighted by Crippen LogP contribution is 2.81. The molecule has 2 fully saturated rings. The van der Waals surface area contributed by atoms with Crippen LogP contribution < -0.4 is 5.73 Å². The maximum Gasteiger partial charge on any atom is 0.230 e. The van der Waals surface area contributed by atoms with E-state index in [1.54, 1.807) is 0 Å². The van der Waals surface area contributed by atoms with E-state index in [0.717, 1.165) is 31.4 Å². The number of nitriles is 2. The Morgan fingerprint density at radius 2 is 2.25 bits per heavy atom. The Balaban J connectivity index is 1.98. The van der Waals surface area contributed by atoms with Crippen LogP contribution in [0.1, 0.15) is 32.6 Å². The van der Waals surface area contributed by atoms with Crippen molar-refractivity contribution in [1.29, 1.82) is 10.5 Å². The molecule has 1 aliphatic carbocycles. The first-order chi connectivity index (χ1) is 9.65. The van der Waals surface area contributed by atoms with Crippen molar-refractivity contribution in [3.63, 3.8) is 0 Å². The smallest absolute Gasteiger partial charge is 0.230 e. The Kier molecular flexibility index (Phi) is 3.00. The Morgan fingerprint density at radius 1 is 1.45 bits per heavy atom. The second-order valence-corrected chi connectivity index (χ2v) is 6.91. The number of nitrogens with two attached hydrogens (primary N) is 1. The van der Waals surface area contributed by atoms with Crippen LogP contribution >= 0.6 is 11.8 Å². The van der Waals surface area contributed by atoms with Gasteiger partial charge in [-0.15, -0.1) is 0 Å². The molecule has 106 valence electrons. The molecule has 20 heavy (non-hydrogen) atoms. The summed E-state index contributed by atoms with van der Waals surface area (Å²) >= 11 is 1.52. The minimum absolute atomic E-state index is 0.0420. The van der Waals surface area contributed by atoms with Crippen molar-refractivity contribution in [1.82, 2.24) is 0 Å². The van der Waals surface area contributed by atoms with E-state index in [1.807, 2.05) is 0 Å². The van der Waals surface area contributed by atoms with Crippen molar-refractivity contribution in [3.05, 3.63) is 0 Å². The largest absolute Gasteiger partial charge is 0.386 e. The molecule has 1 saturated heterocycles. The van der Waals surface area contributed by atoms with Crippen molar-refractivity contribution >= 4 is 17.6 Å². The lowest BCUT2D eigenvalue weighted by Crippen LogP contribution is -2.34. The summed E-state index contributed by atoms with van der Waals surface area (Å²) in [5.41, 5.74) is 4.25. The number of ether oxygens (including phenoxy) is 1. The first-order valence-electron chi connectivity index (χ1n) is 7.11. The summed E-state index contributed by atoms with van der Waals surface area (Å²) in [6, 6.07) is 4.70. The summed E-state index contributed by atoms with van der Waals surface area (Å²) < 4.78 is 5.81. The normalized spacial score (nSPS) is 44.8. The van der Waals surface area contributed by atoms with E-state index >= 15 is 0 Å². The summed E-state index contributed by atoms with van der Waals surface area (Å²) in [5.74, 6) is 1.06. The fourth-order valence-corrected chi connectivity index (χ4v) is 5.27.